The summed E-state index contributed by atoms with van der Waals surface area (Å²) in [7, 11) is 0. The van der Waals surface area contributed by atoms with Crippen LogP contribution < -0.4 is 5.32 Å². The van der Waals surface area contributed by atoms with Crippen molar-refractivity contribution in [2.24, 2.45) is 0 Å². The molecule has 5 nitrogen and oxygen atoms in total. The van der Waals surface area contributed by atoms with E-state index in [1.54, 1.807) is 4.90 Å². The molecule has 2 aromatic carbocycles. The average molecular weight is 377 g/mol. The van der Waals surface area contributed by atoms with Gasteiger partial charge in [-0.05, 0) is 42.5 Å². The van der Waals surface area contributed by atoms with E-state index < -0.39 is 0 Å². The fourth-order valence-corrected chi connectivity index (χ4v) is 3.35. The Morgan fingerprint density at radius 1 is 1.04 bits per heavy atom. The number of amides is 2. The first kappa shape index (κ1) is 19.7. The van der Waals surface area contributed by atoms with Crippen molar-refractivity contribution in [1.29, 1.82) is 0 Å². The SMILES string of the molecule is CCCN(CC(=O)Nc1ccccc1C)C(=O)CCn1ccc2ccccc21. The highest BCUT2D eigenvalue weighted by molar-refractivity contribution is 5.95. The van der Waals surface area contributed by atoms with Gasteiger partial charge in [-0.3, -0.25) is 9.59 Å². The summed E-state index contributed by atoms with van der Waals surface area (Å²) in [6.07, 6.45) is 3.19. The zero-order chi connectivity index (χ0) is 19.9. The van der Waals surface area contributed by atoms with E-state index in [0.29, 0.717) is 19.5 Å². The smallest absolute Gasteiger partial charge is 0.244 e. The maximum Gasteiger partial charge on any atom is 0.244 e. The van der Waals surface area contributed by atoms with Gasteiger partial charge in [0.15, 0.2) is 0 Å². The number of nitrogens with zero attached hydrogens (tertiary/aromatic N) is 2. The lowest BCUT2D eigenvalue weighted by Crippen LogP contribution is -2.38. The van der Waals surface area contributed by atoms with Gasteiger partial charge in [-0.25, -0.2) is 0 Å². The van der Waals surface area contributed by atoms with Gasteiger partial charge in [-0.1, -0.05) is 43.3 Å². The van der Waals surface area contributed by atoms with Crippen molar-refractivity contribution in [3.63, 3.8) is 0 Å². The van der Waals surface area contributed by atoms with E-state index in [-0.39, 0.29) is 18.4 Å². The molecule has 0 spiro atoms. The molecular weight excluding hydrogens is 350 g/mol. The molecule has 3 aromatic rings. The van der Waals surface area contributed by atoms with Crippen molar-refractivity contribution in [3.8, 4) is 0 Å². The number of hydrogen-bond donors (Lipinski definition) is 1. The minimum atomic E-state index is -0.164. The molecule has 0 atom stereocenters. The number of aromatic nitrogens is 1. The first-order valence-corrected chi connectivity index (χ1v) is 9.75. The summed E-state index contributed by atoms with van der Waals surface area (Å²) in [4.78, 5) is 26.9. The van der Waals surface area contributed by atoms with Crippen molar-refractivity contribution < 1.29 is 9.59 Å². The number of benzene rings is 2. The Bertz CT molecular complexity index is 961. The minimum absolute atomic E-state index is 0.000403. The summed E-state index contributed by atoms with van der Waals surface area (Å²) in [5.41, 5.74) is 2.91. The predicted molar refractivity (Wildman–Crippen MR) is 113 cm³/mol. The topological polar surface area (TPSA) is 54.3 Å². The minimum Gasteiger partial charge on any atom is -0.347 e. The average Bonchev–Trinajstić information content (AvgIpc) is 3.11. The fraction of sp³-hybridized carbons (Fsp3) is 0.304. The second-order valence-electron chi connectivity index (χ2n) is 7.00. The second kappa shape index (κ2) is 9.22. The number of nitrogens with one attached hydrogen (secondary N) is 1. The first-order chi connectivity index (χ1) is 13.6. The molecule has 0 aliphatic carbocycles. The van der Waals surface area contributed by atoms with Crippen LogP contribution in [0.4, 0.5) is 5.69 Å². The number of aryl methyl sites for hydroxylation is 2. The van der Waals surface area contributed by atoms with E-state index in [4.69, 9.17) is 0 Å². The first-order valence-electron chi connectivity index (χ1n) is 9.75. The highest BCUT2D eigenvalue weighted by Crippen LogP contribution is 2.16. The Hall–Kier alpha value is -3.08. The number of carbonyl (C=O) groups is 2. The van der Waals surface area contributed by atoms with Gasteiger partial charge in [0.1, 0.15) is 0 Å². The molecule has 0 unspecified atom stereocenters. The number of fused-ring (bicyclic) bond motifs is 1. The molecule has 1 aromatic heterocycles. The molecule has 0 bridgehead atoms. The van der Waals surface area contributed by atoms with Crippen LogP contribution in [0.25, 0.3) is 10.9 Å². The zero-order valence-electron chi connectivity index (χ0n) is 16.5. The third-order valence-corrected chi connectivity index (χ3v) is 4.85. The molecule has 0 saturated heterocycles. The monoisotopic (exact) mass is 377 g/mol. The summed E-state index contributed by atoms with van der Waals surface area (Å²) in [6, 6.07) is 17.8. The molecule has 5 heteroatoms. The second-order valence-corrected chi connectivity index (χ2v) is 7.00. The van der Waals surface area contributed by atoms with Crippen LogP contribution in [-0.4, -0.2) is 34.4 Å². The van der Waals surface area contributed by atoms with E-state index in [1.807, 2.05) is 56.4 Å². The summed E-state index contributed by atoms with van der Waals surface area (Å²) >= 11 is 0. The van der Waals surface area contributed by atoms with Crippen LogP contribution in [0.2, 0.25) is 0 Å². The largest absolute Gasteiger partial charge is 0.347 e. The lowest BCUT2D eigenvalue weighted by Gasteiger charge is -2.22. The Labute approximate surface area is 166 Å². The summed E-state index contributed by atoms with van der Waals surface area (Å²) in [5, 5.41) is 4.07. The van der Waals surface area contributed by atoms with Gasteiger partial charge in [-0.2, -0.15) is 0 Å². The molecule has 0 saturated carbocycles. The van der Waals surface area contributed by atoms with Gasteiger partial charge in [-0.15, -0.1) is 0 Å². The highest BCUT2D eigenvalue weighted by atomic mass is 16.2. The quantitative estimate of drug-likeness (QED) is 0.639. The third kappa shape index (κ3) is 4.80. The van der Waals surface area contributed by atoms with Crippen molar-refractivity contribution in [2.45, 2.75) is 33.2 Å². The van der Waals surface area contributed by atoms with Crippen LogP contribution in [-0.2, 0) is 16.1 Å². The molecule has 2 amide bonds. The zero-order valence-corrected chi connectivity index (χ0v) is 16.5. The Morgan fingerprint density at radius 2 is 1.79 bits per heavy atom. The van der Waals surface area contributed by atoms with E-state index in [2.05, 4.69) is 28.1 Å². The highest BCUT2D eigenvalue weighted by Gasteiger charge is 2.17. The van der Waals surface area contributed by atoms with Crippen LogP contribution in [0, 0.1) is 6.92 Å². The van der Waals surface area contributed by atoms with E-state index >= 15 is 0 Å². The maximum absolute atomic E-state index is 12.8. The Morgan fingerprint density at radius 3 is 2.57 bits per heavy atom. The third-order valence-electron chi connectivity index (χ3n) is 4.85. The maximum atomic E-state index is 12.8. The van der Waals surface area contributed by atoms with Crippen LogP contribution in [0.5, 0.6) is 0 Å². The van der Waals surface area contributed by atoms with Gasteiger partial charge < -0.3 is 14.8 Å². The van der Waals surface area contributed by atoms with Gasteiger partial charge in [0.05, 0.1) is 6.54 Å². The molecule has 146 valence electrons. The van der Waals surface area contributed by atoms with Crippen molar-refractivity contribution >= 4 is 28.4 Å². The number of hydrogen-bond acceptors (Lipinski definition) is 2. The van der Waals surface area contributed by atoms with Gasteiger partial charge in [0, 0.05) is 36.9 Å². The summed E-state index contributed by atoms with van der Waals surface area (Å²) in [5.74, 6) is -0.165. The molecule has 0 radical (unpaired) electrons. The van der Waals surface area contributed by atoms with Crippen molar-refractivity contribution in [3.05, 3.63) is 66.4 Å². The summed E-state index contributed by atoms with van der Waals surface area (Å²) < 4.78 is 2.09. The number of para-hydroxylation sites is 2. The number of carbonyl (C=O) groups excluding carboxylic acids is 2. The summed E-state index contributed by atoms with van der Waals surface area (Å²) in [6.45, 7) is 5.22. The van der Waals surface area contributed by atoms with Crippen molar-refractivity contribution in [1.82, 2.24) is 9.47 Å². The van der Waals surface area contributed by atoms with Gasteiger partial charge in [0.2, 0.25) is 11.8 Å². The van der Waals surface area contributed by atoms with Crippen LogP contribution in [0.1, 0.15) is 25.3 Å². The molecule has 1 N–H and O–H groups in total. The fourth-order valence-electron chi connectivity index (χ4n) is 3.35. The lowest BCUT2D eigenvalue weighted by molar-refractivity contribution is -0.134. The molecule has 1 heterocycles. The molecular formula is C23H27N3O2. The van der Waals surface area contributed by atoms with E-state index in [0.717, 1.165) is 28.6 Å². The molecule has 3 rings (SSSR count). The number of rotatable bonds is 8. The normalized spacial score (nSPS) is 10.8. The van der Waals surface area contributed by atoms with E-state index in [1.165, 1.54) is 0 Å². The molecule has 0 aliphatic rings. The van der Waals surface area contributed by atoms with E-state index in [9.17, 15) is 9.59 Å². The predicted octanol–water partition coefficient (Wildman–Crippen LogP) is 4.22. The van der Waals surface area contributed by atoms with Crippen LogP contribution in [0.15, 0.2) is 60.8 Å². The molecule has 0 aliphatic heterocycles. The number of anilines is 1. The van der Waals surface area contributed by atoms with Gasteiger partial charge >= 0.3 is 0 Å². The van der Waals surface area contributed by atoms with Crippen LogP contribution >= 0.6 is 0 Å². The standard InChI is InChI=1S/C23H27N3O2/c1-3-14-26(17-22(27)24-20-10-6-4-8-18(20)2)23(28)13-16-25-15-12-19-9-5-7-11-21(19)25/h4-12,15H,3,13-14,16-17H2,1-2H3,(H,24,27). The Balaban J connectivity index is 1.60. The lowest BCUT2D eigenvalue weighted by atomic mass is 10.2. The van der Waals surface area contributed by atoms with Crippen LogP contribution in [0.3, 0.4) is 0 Å². The van der Waals surface area contributed by atoms with Gasteiger partial charge in [0.25, 0.3) is 0 Å². The molecule has 0 fully saturated rings. The Kier molecular flexibility index (Phi) is 6.48. The van der Waals surface area contributed by atoms with Crippen molar-refractivity contribution in [2.75, 3.05) is 18.4 Å². The molecule has 28 heavy (non-hydrogen) atoms.